The van der Waals surface area contributed by atoms with E-state index in [0.29, 0.717) is 0 Å². The van der Waals surface area contributed by atoms with Crippen LogP contribution in [0.2, 0.25) is 0 Å². The van der Waals surface area contributed by atoms with Gasteiger partial charge in [0.25, 0.3) is 5.79 Å². The second-order valence-electron chi connectivity index (χ2n) is 9.79. The number of methoxy groups -OCH3 is 2. The lowest BCUT2D eigenvalue weighted by molar-refractivity contribution is -0.306. The fraction of sp³-hybridized carbons (Fsp3) is 0.538. The fourth-order valence-corrected chi connectivity index (χ4v) is 4.86. The molecule has 2 unspecified atom stereocenters. The SMILES string of the molecule is COc1cc([C@]2(O)Oc3c(OC)cc(C(O)C(O)CO[C@@H]4O[C@H](CO)[C@@H](O)[C@H](O)[C@H]4O)cc3[C@@]2(O)CO)ccc1O. The third kappa shape index (κ3) is 5.19. The Balaban J connectivity index is 1.61. The van der Waals surface area contributed by atoms with Gasteiger partial charge in [0.2, 0.25) is 0 Å². The molecule has 2 heterocycles. The summed E-state index contributed by atoms with van der Waals surface area (Å²) in [6.45, 7) is -2.43. The molecule has 1 fully saturated rings. The van der Waals surface area contributed by atoms with Crippen molar-refractivity contribution in [2.24, 2.45) is 0 Å². The Bertz CT molecular complexity index is 1220. The minimum atomic E-state index is -2.62. The number of rotatable bonds is 10. The minimum Gasteiger partial charge on any atom is -0.504 e. The van der Waals surface area contributed by atoms with Gasteiger partial charge in [-0.1, -0.05) is 0 Å². The zero-order valence-electron chi connectivity index (χ0n) is 22.1. The Morgan fingerprint density at radius 3 is 2.22 bits per heavy atom. The maximum atomic E-state index is 11.6. The molecule has 0 aliphatic carbocycles. The average Bonchev–Trinajstić information content (AvgIpc) is 3.21. The van der Waals surface area contributed by atoms with E-state index in [1.165, 1.54) is 44.6 Å². The van der Waals surface area contributed by atoms with Gasteiger partial charge in [-0.15, -0.1) is 0 Å². The molecule has 1 saturated heterocycles. The lowest BCUT2D eigenvalue weighted by Crippen LogP contribution is -2.59. The van der Waals surface area contributed by atoms with E-state index >= 15 is 0 Å². The normalized spacial score (nSPS) is 32.6. The maximum absolute atomic E-state index is 11.6. The van der Waals surface area contributed by atoms with Crippen LogP contribution in [0.1, 0.15) is 22.8 Å². The summed E-state index contributed by atoms with van der Waals surface area (Å²) in [6.07, 6.45) is -11.3. The summed E-state index contributed by atoms with van der Waals surface area (Å²) in [5.41, 5.74) is -2.90. The van der Waals surface area contributed by atoms with Crippen LogP contribution in [0.15, 0.2) is 30.3 Å². The van der Waals surface area contributed by atoms with Gasteiger partial charge < -0.3 is 74.7 Å². The van der Waals surface area contributed by atoms with Crippen LogP contribution in [-0.4, -0.2) is 122 Å². The first-order valence-electron chi connectivity index (χ1n) is 12.5. The van der Waals surface area contributed by atoms with E-state index in [0.717, 1.165) is 0 Å². The van der Waals surface area contributed by atoms with Gasteiger partial charge in [0.15, 0.2) is 34.9 Å². The number of aromatic hydroxyl groups is 1. The van der Waals surface area contributed by atoms with Crippen LogP contribution >= 0.6 is 0 Å². The van der Waals surface area contributed by atoms with Gasteiger partial charge in [-0.2, -0.15) is 0 Å². The predicted octanol–water partition coefficient (Wildman–Crippen LogP) is -2.96. The smallest absolute Gasteiger partial charge is 0.271 e. The number of benzene rings is 2. The molecule has 4 rings (SSSR count). The van der Waals surface area contributed by atoms with Crippen molar-refractivity contribution in [1.82, 2.24) is 0 Å². The van der Waals surface area contributed by atoms with Crippen molar-refractivity contribution in [2.45, 2.75) is 54.3 Å². The Hall–Kier alpha value is -2.80. The molecule has 2 aromatic rings. The van der Waals surface area contributed by atoms with Crippen molar-refractivity contribution in [2.75, 3.05) is 34.0 Å². The van der Waals surface area contributed by atoms with Crippen LogP contribution in [0.3, 0.4) is 0 Å². The Morgan fingerprint density at radius 2 is 1.61 bits per heavy atom. The molecule has 9 atom stereocenters. The number of aliphatic hydroxyl groups is 9. The van der Waals surface area contributed by atoms with Gasteiger partial charge in [0.1, 0.15) is 36.6 Å². The van der Waals surface area contributed by atoms with Crippen LogP contribution < -0.4 is 14.2 Å². The molecule has 228 valence electrons. The van der Waals surface area contributed by atoms with Gasteiger partial charge in [0.05, 0.1) is 34.0 Å². The number of phenols is 1. The number of ether oxygens (including phenoxy) is 5. The summed E-state index contributed by atoms with van der Waals surface area (Å²) in [6, 6.07) is 6.05. The number of fused-ring (bicyclic) bond motifs is 1. The highest BCUT2D eigenvalue weighted by Gasteiger charge is 2.61. The monoisotopic (exact) mass is 586 g/mol. The van der Waals surface area contributed by atoms with Gasteiger partial charge in [-0.05, 0) is 35.9 Å². The Labute approximate surface area is 233 Å². The van der Waals surface area contributed by atoms with Crippen LogP contribution in [0.25, 0.3) is 0 Å². The molecule has 41 heavy (non-hydrogen) atoms. The van der Waals surface area contributed by atoms with Crippen molar-refractivity contribution in [3.63, 3.8) is 0 Å². The zero-order chi connectivity index (χ0) is 30.3. The largest absolute Gasteiger partial charge is 0.504 e. The molecule has 0 aromatic heterocycles. The first kappa shape index (κ1) is 31.1. The van der Waals surface area contributed by atoms with E-state index in [2.05, 4.69) is 0 Å². The first-order valence-corrected chi connectivity index (χ1v) is 12.5. The zero-order valence-corrected chi connectivity index (χ0v) is 22.1. The molecule has 15 heteroatoms. The van der Waals surface area contributed by atoms with E-state index in [1.54, 1.807) is 0 Å². The molecule has 10 N–H and O–H groups in total. The highest BCUT2D eigenvalue weighted by atomic mass is 16.7. The lowest BCUT2D eigenvalue weighted by atomic mass is 9.82. The van der Waals surface area contributed by atoms with Gasteiger partial charge in [-0.3, -0.25) is 0 Å². The molecule has 0 bridgehead atoms. The molecule has 2 aliphatic rings. The van der Waals surface area contributed by atoms with Crippen molar-refractivity contribution in [3.8, 4) is 23.0 Å². The quantitative estimate of drug-likeness (QED) is 0.134. The summed E-state index contributed by atoms with van der Waals surface area (Å²) in [5, 5.41) is 104. The lowest BCUT2D eigenvalue weighted by Gasteiger charge is -2.39. The summed E-state index contributed by atoms with van der Waals surface area (Å²) < 4.78 is 26.6. The molecule has 0 spiro atoms. The van der Waals surface area contributed by atoms with E-state index in [1.807, 2.05) is 0 Å². The van der Waals surface area contributed by atoms with Crippen LogP contribution in [0.4, 0.5) is 0 Å². The second-order valence-corrected chi connectivity index (χ2v) is 9.79. The van der Waals surface area contributed by atoms with Gasteiger partial charge >= 0.3 is 0 Å². The van der Waals surface area contributed by atoms with Gasteiger partial charge in [0, 0.05) is 11.1 Å². The highest BCUT2D eigenvalue weighted by Crippen LogP contribution is 2.56. The number of phenolic OH excluding ortho intramolecular Hbond substituents is 1. The van der Waals surface area contributed by atoms with Crippen LogP contribution in [0.5, 0.6) is 23.0 Å². The van der Waals surface area contributed by atoms with Crippen LogP contribution in [0, 0.1) is 0 Å². The van der Waals surface area contributed by atoms with E-state index in [9.17, 15) is 51.1 Å². The average molecular weight is 587 g/mol. The summed E-state index contributed by atoms with van der Waals surface area (Å²) >= 11 is 0. The molecule has 0 amide bonds. The third-order valence-corrected chi connectivity index (χ3v) is 7.34. The van der Waals surface area contributed by atoms with Crippen molar-refractivity contribution in [1.29, 1.82) is 0 Å². The van der Waals surface area contributed by atoms with Crippen molar-refractivity contribution >= 4 is 0 Å². The van der Waals surface area contributed by atoms with Crippen LogP contribution in [-0.2, 0) is 20.9 Å². The summed E-state index contributed by atoms with van der Waals surface area (Å²) in [7, 11) is 2.52. The predicted molar refractivity (Wildman–Crippen MR) is 134 cm³/mol. The second kappa shape index (κ2) is 11.8. The topological polar surface area (TPSA) is 248 Å². The summed E-state index contributed by atoms with van der Waals surface area (Å²) in [4.78, 5) is 0. The fourth-order valence-electron chi connectivity index (χ4n) is 4.86. The number of hydrogen-bond acceptors (Lipinski definition) is 15. The summed E-state index contributed by atoms with van der Waals surface area (Å²) in [5.74, 6) is -3.20. The molecule has 0 saturated carbocycles. The molecular weight excluding hydrogens is 552 g/mol. The minimum absolute atomic E-state index is 0.0543. The van der Waals surface area contributed by atoms with Gasteiger partial charge in [-0.25, -0.2) is 0 Å². The van der Waals surface area contributed by atoms with Crippen molar-refractivity contribution in [3.05, 3.63) is 47.0 Å². The van der Waals surface area contributed by atoms with E-state index in [4.69, 9.17) is 23.7 Å². The standard InChI is InChI=1S/C26H34O15/c1-37-16-7-12(3-4-14(16)29)26(36)25(35,10-28)13-5-11(6-17(38-2)23(13)41-26)19(31)15(30)9-39-24-22(34)21(33)20(32)18(8-27)40-24/h3-7,15,18-22,24,27-36H,8-10H2,1-2H3/t15?,18-,19?,20-,21+,22-,24-,25+,26+/m1/s1. The number of aliphatic hydroxyl groups excluding tert-OH is 7. The first-order chi connectivity index (χ1) is 19.4. The molecule has 15 nitrogen and oxygen atoms in total. The Kier molecular flexibility index (Phi) is 8.98. The van der Waals surface area contributed by atoms with Crippen molar-refractivity contribution < 1.29 is 74.7 Å². The maximum Gasteiger partial charge on any atom is 0.271 e. The Morgan fingerprint density at radius 1 is 0.927 bits per heavy atom. The van der Waals surface area contributed by atoms with E-state index in [-0.39, 0.29) is 39.7 Å². The molecular formula is C26H34O15. The third-order valence-electron chi connectivity index (χ3n) is 7.34. The highest BCUT2D eigenvalue weighted by molar-refractivity contribution is 5.58. The molecule has 0 radical (unpaired) electrons. The molecule has 2 aliphatic heterocycles. The van der Waals surface area contributed by atoms with E-state index < -0.39 is 74.1 Å². The molecule has 2 aromatic carbocycles. The number of hydrogen-bond donors (Lipinski definition) is 10.